The maximum Gasteiger partial charge on any atom is 0.191 e. The van der Waals surface area contributed by atoms with E-state index < -0.39 is 0 Å². The van der Waals surface area contributed by atoms with Crippen LogP contribution in [0.4, 0.5) is 0 Å². The van der Waals surface area contributed by atoms with Crippen molar-refractivity contribution in [1.82, 2.24) is 15.5 Å². The van der Waals surface area contributed by atoms with Gasteiger partial charge in [-0.3, -0.25) is 4.99 Å². The van der Waals surface area contributed by atoms with Gasteiger partial charge in [-0.05, 0) is 58.5 Å². The molecular formula is C16H35IN4S. The molecule has 0 aliphatic heterocycles. The molecule has 1 aliphatic carbocycles. The lowest BCUT2D eigenvalue weighted by atomic mass is 10.2. The van der Waals surface area contributed by atoms with Crippen molar-refractivity contribution in [2.24, 2.45) is 4.99 Å². The van der Waals surface area contributed by atoms with Gasteiger partial charge in [0.15, 0.2) is 5.96 Å². The average molecular weight is 442 g/mol. The van der Waals surface area contributed by atoms with Crippen LogP contribution in [0.2, 0.25) is 0 Å². The number of aliphatic imine (C=N–C) groups is 1. The Morgan fingerprint density at radius 3 is 2.50 bits per heavy atom. The van der Waals surface area contributed by atoms with Crippen molar-refractivity contribution in [2.75, 3.05) is 39.0 Å². The van der Waals surface area contributed by atoms with Gasteiger partial charge in [-0.2, -0.15) is 11.8 Å². The number of halogens is 1. The summed E-state index contributed by atoms with van der Waals surface area (Å²) in [5.41, 5.74) is 0. The second kappa shape index (κ2) is 13.7. The zero-order chi connectivity index (χ0) is 15.5. The highest BCUT2D eigenvalue weighted by atomic mass is 127. The van der Waals surface area contributed by atoms with Gasteiger partial charge in [0.2, 0.25) is 0 Å². The maximum absolute atomic E-state index is 4.73. The van der Waals surface area contributed by atoms with Gasteiger partial charge in [0.1, 0.15) is 0 Å². The Hall–Kier alpha value is 0.310. The van der Waals surface area contributed by atoms with Gasteiger partial charge in [0.05, 0.1) is 0 Å². The average Bonchev–Trinajstić information content (AvgIpc) is 2.95. The van der Waals surface area contributed by atoms with Gasteiger partial charge in [-0.1, -0.05) is 13.8 Å². The van der Waals surface area contributed by atoms with Gasteiger partial charge >= 0.3 is 0 Å². The first-order valence-corrected chi connectivity index (χ1v) is 9.82. The lowest BCUT2D eigenvalue weighted by Gasteiger charge is -2.18. The molecule has 22 heavy (non-hydrogen) atoms. The van der Waals surface area contributed by atoms with Crippen molar-refractivity contribution < 1.29 is 0 Å². The molecule has 2 atom stereocenters. The van der Waals surface area contributed by atoms with Crippen LogP contribution in [-0.2, 0) is 0 Å². The summed E-state index contributed by atoms with van der Waals surface area (Å²) in [7, 11) is 0. The van der Waals surface area contributed by atoms with Crippen LogP contribution in [0.3, 0.4) is 0 Å². The second-order valence-corrected chi connectivity index (χ2v) is 6.79. The van der Waals surface area contributed by atoms with E-state index in [9.17, 15) is 0 Å². The van der Waals surface area contributed by atoms with Crippen LogP contribution in [-0.4, -0.2) is 61.1 Å². The van der Waals surface area contributed by atoms with E-state index in [0.29, 0.717) is 6.04 Å². The standard InChI is InChI=1S/C16H34N4S.HI/c1-5-17-16(18-11-8-12-20(6-2)7-3)19-14-9-10-15(13-14)21-4;/h14-15H,5-13H2,1-4H3,(H2,17,18,19);1H. The van der Waals surface area contributed by atoms with Crippen molar-refractivity contribution in [3.05, 3.63) is 0 Å². The highest BCUT2D eigenvalue weighted by Crippen LogP contribution is 2.27. The lowest BCUT2D eigenvalue weighted by Crippen LogP contribution is -2.42. The minimum absolute atomic E-state index is 0. The lowest BCUT2D eigenvalue weighted by molar-refractivity contribution is 0.302. The minimum Gasteiger partial charge on any atom is -0.357 e. The van der Waals surface area contributed by atoms with Crippen molar-refractivity contribution >= 4 is 41.7 Å². The van der Waals surface area contributed by atoms with E-state index >= 15 is 0 Å². The van der Waals surface area contributed by atoms with Gasteiger partial charge in [-0.25, -0.2) is 0 Å². The Morgan fingerprint density at radius 2 is 1.95 bits per heavy atom. The Morgan fingerprint density at radius 1 is 1.23 bits per heavy atom. The summed E-state index contributed by atoms with van der Waals surface area (Å²) < 4.78 is 0. The fraction of sp³-hybridized carbons (Fsp3) is 0.938. The number of hydrogen-bond acceptors (Lipinski definition) is 3. The van der Waals surface area contributed by atoms with E-state index in [1.165, 1.54) is 19.3 Å². The molecule has 2 unspecified atom stereocenters. The molecule has 1 rings (SSSR count). The van der Waals surface area contributed by atoms with E-state index in [0.717, 1.165) is 50.4 Å². The zero-order valence-electron chi connectivity index (χ0n) is 14.7. The summed E-state index contributed by atoms with van der Waals surface area (Å²) in [6.07, 6.45) is 7.23. The maximum atomic E-state index is 4.73. The first-order valence-electron chi connectivity index (χ1n) is 8.53. The van der Waals surface area contributed by atoms with Crippen LogP contribution in [0.15, 0.2) is 4.99 Å². The van der Waals surface area contributed by atoms with Gasteiger partial charge in [0.25, 0.3) is 0 Å². The Bertz CT molecular complexity index is 298. The largest absolute Gasteiger partial charge is 0.357 e. The first-order chi connectivity index (χ1) is 10.2. The fourth-order valence-electron chi connectivity index (χ4n) is 2.82. The third kappa shape index (κ3) is 8.82. The molecule has 0 aromatic rings. The molecule has 0 radical (unpaired) electrons. The molecule has 0 heterocycles. The molecule has 6 heteroatoms. The van der Waals surface area contributed by atoms with Gasteiger partial charge in [0, 0.05) is 24.4 Å². The predicted octanol–water partition coefficient (Wildman–Crippen LogP) is 3.18. The van der Waals surface area contributed by atoms with Crippen molar-refractivity contribution in [2.45, 2.75) is 57.7 Å². The van der Waals surface area contributed by atoms with Crippen LogP contribution in [0, 0.1) is 0 Å². The van der Waals surface area contributed by atoms with E-state index in [1.807, 2.05) is 11.8 Å². The Kier molecular flexibility index (Phi) is 13.9. The van der Waals surface area contributed by atoms with Crippen molar-refractivity contribution in [3.8, 4) is 0 Å². The van der Waals surface area contributed by atoms with E-state index in [4.69, 9.17) is 4.99 Å². The first kappa shape index (κ1) is 22.3. The van der Waals surface area contributed by atoms with E-state index in [1.54, 1.807) is 0 Å². The summed E-state index contributed by atoms with van der Waals surface area (Å²) in [5.74, 6) is 1.00. The van der Waals surface area contributed by atoms with Crippen LogP contribution in [0.25, 0.3) is 0 Å². The number of rotatable bonds is 9. The molecule has 1 fully saturated rings. The van der Waals surface area contributed by atoms with Crippen molar-refractivity contribution in [1.29, 1.82) is 0 Å². The molecule has 0 aromatic heterocycles. The molecule has 1 saturated carbocycles. The normalized spacial score (nSPS) is 21.8. The molecule has 1 aliphatic rings. The van der Waals surface area contributed by atoms with Gasteiger partial charge in [-0.15, -0.1) is 24.0 Å². The summed E-state index contributed by atoms with van der Waals surface area (Å²) in [4.78, 5) is 7.18. The topological polar surface area (TPSA) is 39.7 Å². The molecule has 0 spiro atoms. The van der Waals surface area contributed by atoms with E-state index in [-0.39, 0.29) is 24.0 Å². The highest BCUT2D eigenvalue weighted by molar-refractivity contribution is 14.0. The molecule has 132 valence electrons. The number of nitrogens with zero attached hydrogens (tertiary/aromatic N) is 2. The van der Waals surface area contributed by atoms with Gasteiger partial charge < -0.3 is 15.5 Å². The van der Waals surface area contributed by atoms with E-state index in [2.05, 4.69) is 42.6 Å². The fourth-order valence-corrected chi connectivity index (χ4v) is 3.62. The highest BCUT2D eigenvalue weighted by Gasteiger charge is 2.24. The number of hydrogen-bond donors (Lipinski definition) is 2. The summed E-state index contributed by atoms with van der Waals surface area (Å²) >= 11 is 2.00. The molecular weight excluding hydrogens is 407 g/mol. The van der Waals surface area contributed by atoms with Crippen LogP contribution < -0.4 is 10.6 Å². The molecule has 0 amide bonds. The Labute approximate surface area is 158 Å². The van der Waals surface area contributed by atoms with Crippen molar-refractivity contribution in [3.63, 3.8) is 0 Å². The minimum atomic E-state index is 0. The quantitative estimate of drug-likeness (QED) is 0.249. The third-order valence-electron chi connectivity index (χ3n) is 4.20. The van der Waals surface area contributed by atoms with Crippen LogP contribution >= 0.6 is 35.7 Å². The number of guanidine groups is 1. The SMILES string of the molecule is CCNC(=NCCCN(CC)CC)NC1CCC(SC)C1.I. The summed E-state index contributed by atoms with van der Waals surface area (Å²) in [5, 5.41) is 7.81. The summed E-state index contributed by atoms with van der Waals surface area (Å²) in [6, 6.07) is 0.600. The zero-order valence-corrected chi connectivity index (χ0v) is 17.9. The molecule has 4 nitrogen and oxygen atoms in total. The second-order valence-electron chi connectivity index (χ2n) is 5.65. The number of nitrogens with one attached hydrogen (secondary N) is 2. The molecule has 2 N–H and O–H groups in total. The summed E-state index contributed by atoms with van der Waals surface area (Å²) in [6.45, 7) is 11.8. The molecule has 0 aromatic carbocycles. The monoisotopic (exact) mass is 442 g/mol. The third-order valence-corrected chi connectivity index (χ3v) is 5.29. The predicted molar refractivity (Wildman–Crippen MR) is 112 cm³/mol. The Balaban J connectivity index is 0.00000441. The molecule has 0 saturated heterocycles. The molecule has 0 bridgehead atoms. The van der Waals surface area contributed by atoms with Crippen LogP contribution in [0.1, 0.15) is 46.5 Å². The number of thioether (sulfide) groups is 1. The smallest absolute Gasteiger partial charge is 0.191 e. The van der Waals surface area contributed by atoms with Crippen LogP contribution in [0.5, 0.6) is 0 Å².